The molecule has 2 N–H and O–H groups in total. The maximum atomic E-state index is 11.3. The van der Waals surface area contributed by atoms with Crippen molar-refractivity contribution >= 4 is 29.0 Å². The molecule has 1 rings (SSSR count). The lowest BCUT2D eigenvalue weighted by molar-refractivity contribution is -0.118. The Morgan fingerprint density at radius 3 is 2.36 bits per heavy atom. The average Bonchev–Trinajstić information content (AvgIpc) is 2.12. The predicted octanol–water partition coefficient (Wildman–Crippen LogP) is 2.45. The van der Waals surface area contributed by atoms with Gasteiger partial charge in [-0.25, -0.2) is 0 Å². The van der Waals surface area contributed by atoms with Crippen LogP contribution in [0.5, 0.6) is 0 Å². The van der Waals surface area contributed by atoms with Gasteiger partial charge in [-0.1, -0.05) is 29.3 Å². The number of hydrogen-bond acceptors (Lipinski definition) is 2. The Labute approximate surface area is 93.0 Å². The lowest BCUT2D eigenvalue weighted by atomic mass is 10.1. The number of benzene rings is 1. The zero-order valence-electron chi connectivity index (χ0n) is 7.59. The number of carbonyl (C=O) groups excluding carboxylic acids is 1. The first-order chi connectivity index (χ1) is 6.65. The Balaban J connectivity index is 2.80. The lowest BCUT2D eigenvalue weighted by Crippen LogP contribution is -2.10. The Bertz CT molecular complexity index is 319. The van der Waals surface area contributed by atoms with E-state index < -0.39 is 0 Å². The minimum atomic E-state index is 0.0579. The zero-order chi connectivity index (χ0) is 10.6. The topological polar surface area (TPSA) is 43.1 Å². The quantitative estimate of drug-likeness (QED) is 0.866. The summed E-state index contributed by atoms with van der Waals surface area (Å²) in [5.74, 6) is 0.0579. The summed E-state index contributed by atoms with van der Waals surface area (Å²) < 4.78 is 0. The van der Waals surface area contributed by atoms with Crippen LogP contribution < -0.4 is 5.73 Å². The third-order valence-corrected chi connectivity index (χ3v) is 2.57. The van der Waals surface area contributed by atoms with Crippen molar-refractivity contribution in [3.8, 4) is 0 Å². The Hall–Kier alpha value is -0.570. The summed E-state index contributed by atoms with van der Waals surface area (Å²) in [4.78, 5) is 11.3. The number of Topliss-reactive ketones (excluding diaryl/α,β-unsaturated/α-hetero) is 1. The minimum Gasteiger partial charge on any atom is -0.330 e. The summed E-state index contributed by atoms with van der Waals surface area (Å²) in [5.41, 5.74) is 5.96. The van der Waals surface area contributed by atoms with Crippen molar-refractivity contribution in [2.24, 2.45) is 5.73 Å². The fraction of sp³-hybridized carbons (Fsp3) is 0.300. The van der Waals surface area contributed by atoms with Gasteiger partial charge in [0.2, 0.25) is 0 Å². The van der Waals surface area contributed by atoms with Gasteiger partial charge in [0.1, 0.15) is 5.78 Å². The van der Waals surface area contributed by atoms with Gasteiger partial charge in [0.05, 0.1) is 0 Å². The highest BCUT2D eigenvalue weighted by Crippen LogP contribution is 2.24. The Morgan fingerprint density at radius 2 is 1.86 bits per heavy atom. The van der Waals surface area contributed by atoms with Gasteiger partial charge in [-0.15, -0.1) is 0 Å². The van der Waals surface area contributed by atoms with Crippen LogP contribution in [0.2, 0.25) is 10.0 Å². The van der Waals surface area contributed by atoms with Gasteiger partial charge >= 0.3 is 0 Å². The fourth-order valence-corrected chi connectivity index (χ4v) is 1.68. The molecule has 14 heavy (non-hydrogen) atoms. The molecule has 76 valence electrons. The van der Waals surface area contributed by atoms with Crippen LogP contribution in [-0.2, 0) is 11.2 Å². The first-order valence-electron chi connectivity index (χ1n) is 4.30. The number of nitrogens with two attached hydrogens (primary N) is 1. The van der Waals surface area contributed by atoms with E-state index >= 15 is 0 Å². The molecular formula is C10H11Cl2NO. The van der Waals surface area contributed by atoms with Gasteiger partial charge in [-0.05, 0) is 24.2 Å². The normalized spacial score (nSPS) is 10.2. The maximum absolute atomic E-state index is 11.3. The molecule has 0 radical (unpaired) electrons. The summed E-state index contributed by atoms with van der Waals surface area (Å²) in [6.45, 7) is 0.362. The number of hydrogen-bond donors (Lipinski definition) is 1. The van der Waals surface area contributed by atoms with E-state index in [0.717, 1.165) is 0 Å². The van der Waals surface area contributed by atoms with E-state index in [2.05, 4.69) is 0 Å². The number of ketones is 1. The van der Waals surface area contributed by atoms with E-state index in [1.54, 1.807) is 18.2 Å². The number of rotatable bonds is 4. The Kier molecular flexibility index (Phi) is 4.39. The van der Waals surface area contributed by atoms with Crippen LogP contribution in [0.1, 0.15) is 12.0 Å². The van der Waals surface area contributed by atoms with Gasteiger partial charge in [0.15, 0.2) is 0 Å². The molecule has 0 amide bonds. The van der Waals surface area contributed by atoms with Crippen molar-refractivity contribution < 1.29 is 4.79 Å². The molecule has 0 aliphatic heterocycles. The highest BCUT2D eigenvalue weighted by atomic mass is 35.5. The standard InChI is InChI=1S/C10H11Cl2NO/c11-9-2-1-3-10(12)8(9)6-7(14)4-5-13/h1-3H,4-6,13H2. The van der Waals surface area contributed by atoms with Gasteiger partial charge in [-0.2, -0.15) is 0 Å². The molecule has 1 aromatic rings. The summed E-state index contributed by atoms with van der Waals surface area (Å²) >= 11 is 11.8. The van der Waals surface area contributed by atoms with Gasteiger partial charge < -0.3 is 5.73 Å². The molecule has 0 fully saturated rings. The van der Waals surface area contributed by atoms with Crippen molar-refractivity contribution in [3.63, 3.8) is 0 Å². The second kappa shape index (κ2) is 5.35. The van der Waals surface area contributed by atoms with Crippen molar-refractivity contribution in [2.75, 3.05) is 6.54 Å². The Morgan fingerprint density at radius 1 is 1.29 bits per heavy atom. The van der Waals surface area contributed by atoms with E-state index in [9.17, 15) is 4.79 Å². The van der Waals surface area contributed by atoms with Crippen LogP contribution in [0.25, 0.3) is 0 Å². The van der Waals surface area contributed by atoms with Gasteiger partial charge in [0, 0.05) is 22.9 Å². The molecule has 2 nitrogen and oxygen atoms in total. The molecule has 0 saturated heterocycles. The van der Waals surface area contributed by atoms with Crippen molar-refractivity contribution in [2.45, 2.75) is 12.8 Å². The second-order valence-electron chi connectivity index (χ2n) is 2.95. The molecular weight excluding hydrogens is 221 g/mol. The van der Waals surface area contributed by atoms with E-state index in [-0.39, 0.29) is 12.2 Å². The third-order valence-electron chi connectivity index (χ3n) is 1.86. The summed E-state index contributed by atoms with van der Waals surface area (Å²) in [6.07, 6.45) is 0.622. The predicted molar refractivity (Wildman–Crippen MR) is 58.8 cm³/mol. The lowest BCUT2D eigenvalue weighted by Gasteiger charge is -2.05. The number of halogens is 2. The van der Waals surface area contributed by atoms with Crippen molar-refractivity contribution in [1.82, 2.24) is 0 Å². The summed E-state index contributed by atoms with van der Waals surface area (Å²) in [6, 6.07) is 5.19. The summed E-state index contributed by atoms with van der Waals surface area (Å²) in [5, 5.41) is 1.06. The van der Waals surface area contributed by atoms with Crippen LogP contribution in [0.4, 0.5) is 0 Å². The van der Waals surface area contributed by atoms with Crippen LogP contribution in [0, 0.1) is 0 Å². The van der Waals surface area contributed by atoms with Gasteiger partial charge in [0.25, 0.3) is 0 Å². The average molecular weight is 232 g/mol. The molecule has 0 bridgehead atoms. The smallest absolute Gasteiger partial charge is 0.138 e. The van der Waals surface area contributed by atoms with Crippen molar-refractivity contribution in [1.29, 1.82) is 0 Å². The first-order valence-corrected chi connectivity index (χ1v) is 5.05. The molecule has 0 aliphatic rings. The molecule has 4 heteroatoms. The molecule has 0 atom stereocenters. The SMILES string of the molecule is NCCC(=O)Cc1c(Cl)cccc1Cl. The molecule has 1 aromatic carbocycles. The second-order valence-corrected chi connectivity index (χ2v) is 3.77. The monoisotopic (exact) mass is 231 g/mol. The molecule has 0 heterocycles. The zero-order valence-corrected chi connectivity index (χ0v) is 9.11. The largest absolute Gasteiger partial charge is 0.330 e. The fourth-order valence-electron chi connectivity index (χ4n) is 1.15. The van der Waals surface area contributed by atoms with Crippen LogP contribution in [0.3, 0.4) is 0 Å². The van der Waals surface area contributed by atoms with Crippen molar-refractivity contribution in [3.05, 3.63) is 33.8 Å². The third kappa shape index (κ3) is 2.98. The molecule has 0 aromatic heterocycles. The molecule has 0 spiro atoms. The molecule has 0 aliphatic carbocycles. The number of carbonyl (C=O) groups is 1. The van der Waals surface area contributed by atoms with Crippen LogP contribution >= 0.6 is 23.2 Å². The van der Waals surface area contributed by atoms with E-state index in [0.29, 0.717) is 28.6 Å². The molecule has 0 saturated carbocycles. The van der Waals surface area contributed by atoms with E-state index in [1.807, 2.05) is 0 Å². The van der Waals surface area contributed by atoms with Crippen LogP contribution in [0.15, 0.2) is 18.2 Å². The maximum Gasteiger partial charge on any atom is 0.138 e. The van der Waals surface area contributed by atoms with E-state index in [4.69, 9.17) is 28.9 Å². The summed E-state index contributed by atoms with van der Waals surface area (Å²) in [7, 11) is 0. The highest BCUT2D eigenvalue weighted by molar-refractivity contribution is 6.36. The molecule has 0 unspecified atom stereocenters. The van der Waals surface area contributed by atoms with Crippen LogP contribution in [-0.4, -0.2) is 12.3 Å². The minimum absolute atomic E-state index is 0.0579. The highest BCUT2D eigenvalue weighted by Gasteiger charge is 2.09. The van der Waals surface area contributed by atoms with Gasteiger partial charge in [-0.3, -0.25) is 4.79 Å². The van der Waals surface area contributed by atoms with E-state index in [1.165, 1.54) is 0 Å². The first kappa shape index (κ1) is 11.5.